The number of aryl methyl sites for hydroxylation is 2. The Bertz CT molecular complexity index is 1360. The molecular formula is C31H34N2O4. The number of ketones is 1. The lowest BCUT2D eigenvalue weighted by atomic mass is 9.94. The van der Waals surface area contributed by atoms with Crippen LogP contribution in [0.5, 0.6) is 5.75 Å². The monoisotopic (exact) mass is 498 g/mol. The molecule has 1 aliphatic rings. The van der Waals surface area contributed by atoms with Crippen molar-refractivity contribution in [1.82, 2.24) is 0 Å². The largest absolute Gasteiger partial charge is 0.507 e. The standard InChI is InChI=1S/C31H34N2O4/c1-19(2)18-37-26-16-13-23(17-21(26)4)29(34)27-28(22-11-14-24(15-12-22)32(5)6)33(31(36)30(27)35)25-10-8-7-9-20(25)3/h7-17,19,28,34H,18H2,1-6H3/b29-27-. The van der Waals surface area contributed by atoms with E-state index in [4.69, 9.17) is 4.74 Å². The second-order valence-electron chi connectivity index (χ2n) is 10.1. The van der Waals surface area contributed by atoms with Crippen LogP contribution in [0.1, 0.15) is 42.1 Å². The van der Waals surface area contributed by atoms with Crippen LogP contribution in [0, 0.1) is 19.8 Å². The van der Waals surface area contributed by atoms with Crippen LogP contribution in [0.15, 0.2) is 72.3 Å². The topological polar surface area (TPSA) is 70.1 Å². The zero-order valence-electron chi connectivity index (χ0n) is 22.3. The highest BCUT2D eigenvalue weighted by Gasteiger charge is 2.47. The summed E-state index contributed by atoms with van der Waals surface area (Å²) in [4.78, 5) is 30.4. The first-order chi connectivity index (χ1) is 17.6. The van der Waals surface area contributed by atoms with Gasteiger partial charge in [0.25, 0.3) is 11.7 Å². The number of hydrogen-bond donors (Lipinski definition) is 1. The first-order valence-electron chi connectivity index (χ1n) is 12.5. The maximum Gasteiger partial charge on any atom is 0.300 e. The first-order valence-corrected chi connectivity index (χ1v) is 12.5. The minimum absolute atomic E-state index is 0.0705. The van der Waals surface area contributed by atoms with Crippen molar-refractivity contribution in [2.24, 2.45) is 5.92 Å². The number of Topliss-reactive ketones (excluding diaryl/α,β-unsaturated/α-hetero) is 1. The van der Waals surface area contributed by atoms with Crippen molar-refractivity contribution < 1.29 is 19.4 Å². The molecular weight excluding hydrogens is 464 g/mol. The highest BCUT2D eigenvalue weighted by molar-refractivity contribution is 6.51. The second-order valence-corrected chi connectivity index (χ2v) is 10.1. The highest BCUT2D eigenvalue weighted by atomic mass is 16.5. The van der Waals surface area contributed by atoms with Crippen molar-refractivity contribution >= 4 is 28.8 Å². The van der Waals surface area contributed by atoms with Crippen molar-refractivity contribution in [3.05, 3.63) is 94.6 Å². The molecule has 3 aromatic carbocycles. The van der Waals surface area contributed by atoms with E-state index in [1.54, 1.807) is 18.2 Å². The molecule has 1 atom stereocenters. The zero-order chi connectivity index (χ0) is 26.9. The molecule has 3 aromatic rings. The van der Waals surface area contributed by atoms with Crippen LogP contribution < -0.4 is 14.5 Å². The summed E-state index contributed by atoms with van der Waals surface area (Å²) in [5, 5.41) is 11.5. The Kier molecular flexibility index (Phi) is 7.39. The van der Waals surface area contributed by atoms with Gasteiger partial charge < -0.3 is 14.7 Å². The summed E-state index contributed by atoms with van der Waals surface area (Å²) in [5.41, 5.74) is 4.60. The third-order valence-electron chi connectivity index (χ3n) is 6.57. The third kappa shape index (κ3) is 5.10. The fraction of sp³-hybridized carbons (Fsp3) is 0.290. The summed E-state index contributed by atoms with van der Waals surface area (Å²) >= 11 is 0. The summed E-state index contributed by atoms with van der Waals surface area (Å²) in [7, 11) is 3.90. The number of nitrogens with zero attached hydrogens (tertiary/aromatic N) is 2. The van der Waals surface area contributed by atoms with Crippen LogP contribution in [0.3, 0.4) is 0 Å². The number of benzene rings is 3. The van der Waals surface area contributed by atoms with Gasteiger partial charge in [0.15, 0.2) is 0 Å². The lowest BCUT2D eigenvalue weighted by Gasteiger charge is -2.27. The number of rotatable bonds is 7. The van der Waals surface area contributed by atoms with Crippen LogP contribution in [0.4, 0.5) is 11.4 Å². The fourth-order valence-corrected chi connectivity index (χ4v) is 4.56. The van der Waals surface area contributed by atoms with E-state index in [1.165, 1.54) is 4.90 Å². The Morgan fingerprint density at radius 1 is 0.973 bits per heavy atom. The average Bonchev–Trinajstić information content (AvgIpc) is 3.13. The number of ether oxygens (including phenoxy) is 1. The van der Waals surface area contributed by atoms with Crippen molar-refractivity contribution in [2.45, 2.75) is 33.7 Å². The van der Waals surface area contributed by atoms with E-state index in [0.29, 0.717) is 23.8 Å². The smallest absolute Gasteiger partial charge is 0.300 e. The second kappa shape index (κ2) is 10.5. The van der Waals surface area contributed by atoms with Crippen LogP contribution in [-0.2, 0) is 9.59 Å². The van der Waals surface area contributed by atoms with E-state index in [2.05, 4.69) is 13.8 Å². The van der Waals surface area contributed by atoms with Crippen molar-refractivity contribution in [1.29, 1.82) is 0 Å². The Morgan fingerprint density at radius 2 is 1.65 bits per heavy atom. The van der Waals surface area contributed by atoms with Gasteiger partial charge in [-0.15, -0.1) is 0 Å². The number of carbonyl (C=O) groups excluding carboxylic acids is 2. The Labute approximate surface area is 218 Å². The molecule has 6 heteroatoms. The number of aliphatic hydroxyl groups excluding tert-OH is 1. The van der Waals surface area contributed by atoms with Crippen molar-refractivity contribution in [2.75, 3.05) is 30.5 Å². The number of aliphatic hydroxyl groups is 1. The molecule has 0 spiro atoms. The molecule has 6 nitrogen and oxygen atoms in total. The number of para-hydroxylation sites is 1. The van der Waals surface area contributed by atoms with Gasteiger partial charge in [0.05, 0.1) is 18.2 Å². The molecule has 1 unspecified atom stereocenters. The number of amides is 1. The molecule has 0 saturated carbocycles. The van der Waals surface area contributed by atoms with Gasteiger partial charge in [-0.1, -0.05) is 44.2 Å². The predicted molar refractivity (Wildman–Crippen MR) is 148 cm³/mol. The molecule has 1 amide bonds. The number of hydrogen-bond acceptors (Lipinski definition) is 5. The molecule has 192 valence electrons. The zero-order valence-corrected chi connectivity index (χ0v) is 22.3. The molecule has 1 N–H and O–H groups in total. The molecule has 1 fully saturated rings. The molecule has 1 saturated heterocycles. The summed E-state index contributed by atoms with van der Waals surface area (Å²) in [6.45, 7) is 8.54. The molecule has 1 aliphatic heterocycles. The van der Waals surface area contributed by atoms with Crippen LogP contribution in [-0.4, -0.2) is 37.5 Å². The van der Waals surface area contributed by atoms with Gasteiger partial charge in [0.1, 0.15) is 11.5 Å². The van der Waals surface area contributed by atoms with E-state index in [1.807, 2.05) is 81.4 Å². The van der Waals surface area contributed by atoms with E-state index >= 15 is 0 Å². The molecule has 0 aromatic heterocycles. The normalized spacial score (nSPS) is 16.9. The molecule has 4 rings (SSSR count). The van der Waals surface area contributed by atoms with Gasteiger partial charge in [-0.05, 0) is 72.9 Å². The maximum atomic E-state index is 13.5. The van der Waals surface area contributed by atoms with Gasteiger partial charge in [-0.2, -0.15) is 0 Å². The Morgan fingerprint density at radius 3 is 2.24 bits per heavy atom. The van der Waals surface area contributed by atoms with E-state index in [0.717, 1.165) is 28.1 Å². The molecule has 0 bridgehead atoms. The number of carbonyl (C=O) groups is 2. The summed E-state index contributed by atoms with van der Waals surface area (Å²) in [6, 6.07) is 19.7. The maximum absolute atomic E-state index is 13.5. The van der Waals surface area contributed by atoms with Gasteiger partial charge in [0.2, 0.25) is 0 Å². The summed E-state index contributed by atoms with van der Waals surface area (Å²) in [5.74, 6) is -0.466. The predicted octanol–water partition coefficient (Wildman–Crippen LogP) is 6.03. The third-order valence-corrected chi connectivity index (χ3v) is 6.57. The lowest BCUT2D eigenvalue weighted by molar-refractivity contribution is -0.132. The molecule has 37 heavy (non-hydrogen) atoms. The van der Waals surface area contributed by atoms with Crippen LogP contribution >= 0.6 is 0 Å². The van der Waals surface area contributed by atoms with Gasteiger partial charge in [-0.25, -0.2) is 0 Å². The molecule has 0 radical (unpaired) electrons. The van der Waals surface area contributed by atoms with E-state index in [-0.39, 0.29) is 11.3 Å². The van der Waals surface area contributed by atoms with Crippen LogP contribution in [0.2, 0.25) is 0 Å². The Hall–Kier alpha value is -4.06. The van der Waals surface area contributed by atoms with E-state index in [9.17, 15) is 14.7 Å². The van der Waals surface area contributed by atoms with Crippen LogP contribution in [0.25, 0.3) is 5.76 Å². The highest BCUT2D eigenvalue weighted by Crippen LogP contribution is 2.43. The van der Waals surface area contributed by atoms with Crippen molar-refractivity contribution in [3.63, 3.8) is 0 Å². The molecule has 1 heterocycles. The van der Waals surface area contributed by atoms with Crippen molar-refractivity contribution in [3.8, 4) is 5.75 Å². The quantitative estimate of drug-likeness (QED) is 0.245. The molecule has 0 aliphatic carbocycles. The van der Waals surface area contributed by atoms with Gasteiger partial charge >= 0.3 is 0 Å². The Balaban J connectivity index is 1.86. The summed E-state index contributed by atoms with van der Waals surface area (Å²) < 4.78 is 5.87. The fourth-order valence-electron chi connectivity index (χ4n) is 4.56. The SMILES string of the molecule is Cc1cc(/C(O)=C2/C(=O)C(=O)N(c3ccccc3C)C2c2ccc(N(C)C)cc2)ccc1OCC(C)C. The van der Waals surface area contributed by atoms with Gasteiger partial charge in [0, 0.05) is 31.0 Å². The lowest BCUT2D eigenvalue weighted by Crippen LogP contribution is -2.30. The van der Waals surface area contributed by atoms with E-state index < -0.39 is 17.7 Å². The first kappa shape index (κ1) is 26.0. The summed E-state index contributed by atoms with van der Waals surface area (Å²) in [6.07, 6.45) is 0. The minimum atomic E-state index is -0.769. The minimum Gasteiger partial charge on any atom is -0.507 e. The van der Waals surface area contributed by atoms with Gasteiger partial charge in [-0.3, -0.25) is 14.5 Å². The number of anilines is 2. The average molecular weight is 499 g/mol.